The number of Topliss-reactive ketones (excluding diaryl/α,β-unsaturated/α-hetero) is 2. The topological polar surface area (TPSA) is 54.4 Å². The molecule has 0 aliphatic heterocycles. The Morgan fingerprint density at radius 3 is 2.61 bits per heavy atom. The van der Waals surface area contributed by atoms with E-state index in [1.807, 2.05) is 0 Å². The number of hydrogen-bond acceptors (Lipinski definition) is 4. The van der Waals surface area contributed by atoms with E-state index in [9.17, 15) is 14.7 Å². The Morgan fingerprint density at radius 1 is 1.17 bits per heavy atom. The lowest BCUT2D eigenvalue weighted by Gasteiger charge is -2.04. The smallest absolute Gasteiger partial charge is 0.180 e. The summed E-state index contributed by atoms with van der Waals surface area (Å²) in [5, 5.41) is 11.5. The number of rotatable bonds is 4. The van der Waals surface area contributed by atoms with Crippen molar-refractivity contribution in [1.29, 1.82) is 0 Å². The quantitative estimate of drug-likeness (QED) is 0.688. The van der Waals surface area contributed by atoms with E-state index in [1.54, 1.807) is 23.6 Å². The number of carbonyl (C=O) groups excluding carboxylic acids is 2. The zero-order valence-electron chi connectivity index (χ0n) is 9.22. The summed E-state index contributed by atoms with van der Waals surface area (Å²) in [6.07, 6.45) is -0.269. The van der Waals surface area contributed by atoms with Crippen molar-refractivity contribution < 1.29 is 14.7 Å². The van der Waals surface area contributed by atoms with Crippen LogP contribution in [-0.4, -0.2) is 16.7 Å². The van der Waals surface area contributed by atoms with Gasteiger partial charge in [-0.05, 0) is 23.6 Å². The molecule has 0 spiro atoms. The molecule has 0 saturated heterocycles. The molecule has 3 nitrogen and oxygen atoms in total. The fraction of sp³-hybridized carbons (Fsp3) is 0.0769. The monoisotopic (exact) mass is 280 g/mol. The number of halogens is 1. The van der Waals surface area contributed by atoms with Gasteiger partial charge in [-0.1, -0.05) is 23.7 Å². The highest BCUT2D eigenvalue weighted by Gasteiger charge is 2.18. The van der Waals surface area contributed by atoms with Crippen LogP contribution in [0.1, 0.15) is 26.5 Å². The lowest BCUT2D eigenvalue weighted by Crippen LogP contribution is -2.07. The van der Waals surface area contributed by atoms with Crippen molar-refractivity contribution in [2.75, 3.05) is 0 Å². The second kappa shape index (κ2) is 5.33. The van der Waals surface area contributed by atoms with Crippen LogP contribution in [-0.2, 0) is 0 Å². The molecule has 92 valence electrons. The molecule has 0 aliphatic carbocycles. The summed E-state index contributed by atoms with van der Waals surface area (Å²) in [5.41, 5.74) is 0.0763. The molecule has 0 unspecified atom stereocenters. The van der Waals surface area contributed by atoms with E-state index in [0.29, 0.717) is 4.88 Å². The number of thiophene rings is 1. The van der Waals surface area contributed by atoms with Gasteiger partial charge in [0.05, 0.1) is 21.9 Å². The van der Waals surface area contributed by atoms with Gasteiger partial charge in [0.25, 0.3) is 0 Å². The van der Waals surface area contributed by atoms with Crippen LogP contribution < -0.4 is 0 Å². The lowest BCUT2D eigenvalue weighted by molar-refractivity contribution is 0.0895. The predicted molar refractivity (Wildman–Crippen MR) is 70.7 cm³/mol. The van der Waals surface area contributed by atoms with E-state index < -0.39 is 5.78 Å². The van der Waals surface area contributed by atoms with E-state index >= 15 is 0 Å². The Bertz CT molecular complexity index is 590. The molecule has 2 aromatic rings. The van der Waals surface area contributed by atoms with Gasteiger partial charge in [0.1, 0.15) is 5.75 Å². The van der Waals surface area contributed by atoms with Crippen molar-refractivity contribution in [3.05, 3.63) is 51.2 Å². The Kier molecular flexibility index (Phi) is 3.79. The largest absolute Gasteiger partial charge is 0.506 e. The summed E-state index contributed by atoms with van der Waals surface area (Å²) in [7, 11) is 0. The van der Waals surface area contributed by atoms with Crippen LogP contribution in [0.3, 0.4) is 0 Å². The van der Waals surface area contributed by atoms with Gasteiger partial charge in [-0.15, -0.1) is 11.3 Å². The van der Waals surface area contributed by atoms with Gasteiger partial charge in [0, 0.05) is 0 Å². The lowest BCUT2D eigenvalue weighted by atomic mass is 10.0. The summed E-state index contributed by atoms with van der Waals surface area (Å²) >= 11 is 6.99. The van der Waals surface area contributed by atoms with Crippen LogP contribution in [0.15, 0.2) is 35.7 Å². The summed E-state index contributed by atoms with van der Waals surface area (Å²) in [5.74, 6) is -0.967. The fourth-order valence-electron chi connectivity index (χ4n) is 1.51. The van der Waals surface area contributed by atoms with Crippen molar-refractivity contribution >= 4 is 34.5 Å². The van der Waals surface area contributed by atoms with Crippen LogP contribution in [0.5, 0.6) is 5.75 Å². The van der Waals surface area contributed by atoms with E-state index in [0.717, 1.165) is 0 Å². The minimum absolute atomic E-state index is 0.0763. The number of para-hydroxylation sites is 1. The summed E-state index contributed by atoms with van der Waals surface area (Å²) < 4.78 is 0. The first kappa shape index (κ1) is 12.8. The molecule has 1 aromatic heterocycles. The average molecular weight is 281 g/mol. The molecule has 2 rings (SSSR count). The first-order valence-corrected chi connectivity index (χ1v) is 6.42. The number of carbonyl (C=O) groups is 2. The molecular weight excluding hydrogens is 272 g/mol. The zero-order chi connectivity index (χ0) is 13.1. The Hall–Kier alpha value is -1.65. The van der Waals surface area contributed by atoms with Crippen LogP contribution in [0.2, 0.25) is 5.02 Å². The second-order valence-electron chi connectivity index (χ2n) is 3.64. The van der Waals surface area contributed by atoms with Crippen molar-refractivity contribution in [3.8, 4) is 5.75 Å². The van der Waals surface area contributed by atoms with E-state index in [2.05, 4.69) is 0 Å². The predicted octanol–water partition coefficient (Wildman–Crippen LogP) is 3.56. The number of phenolic OH excluding ortho intramolecular Hbond substituents is 1. The molecule has 1 heterocycles. The second-order valence-corrected chi connectivity index (χ2v) is 4.99. The van der Waals surface area contributed by atoms with Gasteiger partial charge in [0.2, 0.25) is 0 Å². The number of benzene rings is 1. The molecule has 1 aromatic carbocycles. The Labute approximate surface area is 113 Å². The molecule has 18 heavy (non-hydrogen) atoms. The number of aromatic hydroxyl groups is 1. The SMILES string of the molecule is O=C(CC(=O)c1cccc(Cl)c1O)c1cccs1. The summed E-state index contributed by atoms with van der Waals surface area (Å²) in [6, 6.07) is 7.91. The maximum atomic E-state index is 11.9. The van der Waals surface area contributed by atoms with Crippen molar-refractivity contribution in [1.82, 2.24) is 0 Å². The van der Waals surface area contributed by atoms with Crippen molar-refractivity contribution in [2.24, 2.45) is 0 Å². The molecular formula is C13H9ClO3S. The van der Waals surface area contributed by atoms with Gasteiger partial charge in [-0.25, -0.2) is 0 Å². The third-order valence-corrected chi connectivity index (χ3v) is 3.62. The van der Waals surface area contributed by atoms with Crippen LogP contribution >= 0.6 is 22.9 Å². The van der Waals surface area contributed by atoms with Gasteiger partial charge in [-0.2, -0.15) is 0 Å². The molecule has 0 saturated carbocycles. The highest BCUT2D eigenvalue weighted by molar-refractivity contribution is 7.12. The highest BCUT2D eigenvalue weighted by atomic mass is 35.5. The maximum Gasteiger partial charge on any atom is 0.180 e. The van der Waals surface area contributed by atoms with Crippen LogP contribution in [0.4, 0.5) is 0 Å². The van der Waals surface area contributed by atoms with Crippen LogP contribution in [0.25, 0.3) is 0 Å². The molecule has 1 N–H and O–H groups in total. The van der Waals surface area contributed by atoms with Gasteiger partial charge in [0.15, 0.2) is 11.6 Å². The fourth-order valence-corrected chi connectivity index (χ4v) is 2.34. The molecule has 5 heteroatoms. The Morgan fingerprint density at radius 2 is 1.94 bits per heavy atom. The third kappa shape index (κ3) is 2.60. The van der Waals surface area contributed by atoms with Gasteiger partial charge < -0.3 is 5.11 Å². The standard InChI is InChI=1S/C13H9ClO3S/c14-9-4-1-3-8(13(9)17)10(15)7-11(16)12-5-2-6-18-12/h1-6,17H,7H2. The zero-order valence-corrected chi connectivity index (χ0v) is 10.8. The molecule has 0 radical (unpaired) electrons. The molecule has 0 atom stereocenters. The summed E-state index contributed by atoms with van der Waals surface area (Å²) in [6.45, 7) is 0. The number of phenols is 1. The molecule has 0 aliphatic rings. The minimum atomic E-state index is -0.437. The molecule has 0 bridgehead atoms. The first-order valence-electron chi connectivity index (χ1n) is 5.17. The number of hydrogen-bond donors (Lipinski definition) is 1. The van der Waals surface area contributed by atoms with E-state index in [-0.39, 0.29) is 28.5 Å². The maximum absolute atomic E-state index is 11.9. The normalized spacial score (nSPS) is 10.3. The average Bonchev–Trinajstić information content (AvgIpc) is 2.86. The van der Waals surface area contributed by atoms with Gasteiger partial charge >= 0.3 is 0 Å². The van der Waals surface area contributed by atoms with Crippen molar-refractivity contribution in [3.63, 3.8) is 0 Å². The van der Waals surface area contributed by atoms with Gasteiger partial charge in [-0.3, -0.25) is 9.59 Å². The van der Waals surface area contributed by atoms with E-state index in [4.69, 9.17) is 11.6 Å². The number of ketones is 2. The van der Waals surface area contributed by atoms with Crippen LogP contribution in [0, 0.1) is 0 Å². The third-order valence-electron chi connectivity index (χ3n) is 2.40. The van der Waals surface area contributed by atoms with E-state index in [1.165, 1.54) is 23.5 Å². The Balaban J connectivity index is 2.18. The highest BCUT2D eigenvalue weighted by Crippen LogP contribution is 2.28. The van der Waals surface area contributed by atoms with Crippen molar-refractivity contribution in [2.45, 2.75) is 6.42 Å². The minimum Gasteiger partial charge on any atom is -0.506 e. The summed E-state index contributed by atoms with van der Waals surface area (Å²) in [4.78, 5) is 24.2. The first-order chi connectivity index (χ1) is 8.59. The molecule has 0 fully saturated rings. The molecule has 0 amide bonds.